The van der Waals surface area contributed by atoms with Crippen LogP contribution in [0.15, 0.2) is 0 Å². The second kappa shape index (κ2) is 6.82. The van der Waals surface area contributed by atoms with E-state index in [9.17, 15) is 0 Å². The second-order valence-corrected chi connectivity index (χ2v) is 10.1. The Labute approximate surface area is 85.8 Å². The molecule has 0 aromatic rings. The van der Waals surface area contributed by atoms with Crippen LogP contribution in [0.1, 0.15) is 53.9 Å². The molecule has 0 fully saturated rings. The van der Waals surface area contributed by atoms with Crippen molar-refractivity contribution in [1.29, 1.82) is 0 Å². The van der Waals surface area contributed by atoms with Gasteiger partial charge in [0, 0.05) is 0 Å². The van der Waals surface area contributed by atoms with E-state index < -0.39 is 7.26 Å². The van der Waals surface area contributed by atoms with Crippen molar-refractivity contribution >= 4 is 7.26 Å². The first-order valence-electron chi connectivity index (χ1n) is 6.13. The molecule has 0 saturated heterocycles. The molecule has 0 aliphatic carbocycles. The molecule has 0 atom stereocenters. The van der Waals surface area contributed by atoms with Crippen molar-refractivity contribution in [3.05, 3.63) is 0 Å². The first-order chi connectivity index (χ1) is 6.13. The first kappa shape index (κ1) is 13.4. The fourth-order valence-electron chi connectivity index (χ4n) is 2.73. The summed E-state index contributed by atoms with van der Waals surface area (Å²) in [5.41, 5.74) is 0.993. The van der Waals surface area contributed by atoms with Crippen LogP contribution in [0.2, 0.25) is 0 Å². The van der Waals surface area contributed by atoms with Gasteiger partial charge >= 0.3 is 85.3 Å². The third kappa shape index (κ3) is 3.98. The maximum atomic E-state index is 2.47. The van der Waals surface area contributed by atoms with Gasteiger partial charge in [0.1, 0.15) is 0 Å². The van der Waals surface area contributed by atoms with Gasteiger partial charge in [0.15, 0.2) is 0 Å². The molecule has 0 aromatic carbocycles. The third-order valence-electron chi connectivity index (χ3n) is 3.47. The molecule has 0 rings (SSSR count). The molecule has 0 aromatic heterocycles. The molecule has 0 heterocycles. The van der Waals surface area contributed by atoms with Crippen LogP contribution in [0, 0.1) is 0 Å². The van der Waals surface area contributed by atoms with E-state index in [-0.39, 0.29) is 0 Å². The van der Waals surface area contributed by atoms with Crippen molar-refractivity contribution in [3.63, 3.8) is 0 Å². The molecule has 0 nitrogen and oxygen atoms in total. The van der Waals surface area contributed by atoms with Gasteiger partial charge in [-0.15, -0.1) is 0 Å². The summed E-state index contributed by atoms with van der Waals surface area (Å²) in [4.78, 5) is 0. The van der Waals surface area contributed by atoms with E-state index in [1.807, 2.05) is 0 Å². The Morgan fingerprint density at radius 3 is 1.23 bits per heavy atom. The standard InChI is InChI=1S/C12H29P/c1-6-9-13(10-7-2,11-8-3)12(4)5/h12-13H,6-11H2,1-5H3. The SMILES string of the molecule is CCC[PH](CCC)(CCC)C(C)C. The Morgan fingerprint density at radius 2 is 1.08 bits per heavy atom. The summed E-state index contributed by atoms with van der Waals surface area (Å²) in [5, 5.41) is 0. The zero-order chi connectivity index (χ0) is 10.3. The normalized spacial score (nSPS) is 13.7. The van der Waals surface area contributed by atoms with Gasteiger partial charge in [-0.2, -0.15) is 0 Å². The molecule has 0 amide bonds. The van der Waals surface area contributed by atoms with Crippen LogP contribution in [0.3, 0.4) is 0 Å². The van der Waals surface area contributed by atoms with Crippen molar-refractivity contribution in [2.45, 2.75) is 59.5 Å². The molecule has 0 bridgehead atoms. The predicted octanol–water partition coefficient (Wildman–Crippen LogP) is 4.37. The van der Waals surface area contributed by atoms with Crippen molar-refractivity contribution in [1.82, 2.24) is 0 Å². The van der Waals surface area contributed by atoms with E-state index in [0.29, 0.717) is 0 Å². The van der Waals surface area contributed by atoms with Crippen LogP contribution in [-0.4, -0.2) is 24.1 Å². The van der Waals surface area contributed by atoms with Gasteiger partial charge in [0.25, 0.3) is 0 Å². The van der Waals surface area contributed by atoms with Gasteiger partial charge in [-0.3, -0.25) is 0 Å². The van der Waals surface area contributed by atoms with E-state index in [0.717, 1.165) is 5.66 Å². The second-order valence-electron chi connectivity index (χ2n) is 4.77. The summed E-state index contributed by atoms with van der Waals surface area (Å²) in [5.74, 6) is 0. The molecule has 0 unspecified atom stereocenters. The van der Waals surface area contributed by atoms with Crippen LogP contribution in [0.5, 0.6) is 0 Å². The molecule has 82 valence electrons. The van der Waals surface area contributed by atoms with Gasteiger partial charge in [-0.05, 0) is 0 Å². The molecule has 1 heteroatoms. The van der Waals surface area contributed by atoms with Crippen LogP contribution in [-0.2, 0) is 0 Å². The molecule has 0 N–H and O–H groups in total. The fourth-order valence-corrected chi connectivity index (χ4v) is 8.20. The summed E-state index contributed by atoms with van der Waals surface area (Å²) in [6, 6.07) is 0. The molecule has 0 aliphatic rings. The fraction of sp³-hybridized carbons (Fsp3) is 1.00. The zero-order valence-electron chi connectivity index (χ0n) is 10.3. The molecular weight excluding hydrogens is 175 g/mol. The van der Waals surface area contributed by atoms with Crippen molar-refractivity contribution in [2.75, 3.05) is 18.5 Å². The summed E-state index contributed by atoms with van der Waals surface area (Å²) < 4.78 is 0. The van der Waals surface area contributed by atoms with E-state index in [1.165, 1.54) is 19.3 Å². The number of hydrogen-bond acceptors (Lipinski definition) is 0. The molecule has 13 heavy (non-hydrogen) atoms. The Bertz CT molecular complexity index is 101. The minimum atomic E-state index is -0.873. The van der Waals surface area contributed by atoms with Crippen molar-refractivity contribution in [3.8, 4) is 0 Å². The Kier molecular flexibility index (Phi) is 7.05. The molecule has 0 spiro atoms. The van der Waals surface area contributed by atoms with Gasteiger partial charge in [0.2, 0.25) is 0 Å². The topological polar surface area (TPSA) is 0 Å². The van der Waals surface area contributed by atoms with Crippen LogP contribution in [0.4, 0.5) is 0 Å². The number of hydrogen-bond donors (Lipinski definition) is 0. The van der Waals surface area contributed by atoms with Gasteiger partial charge in [-0.1, -0.05) is 0 Å². The molecule has 0 radical (unpaired) electrons. The monoisotopic (exact) mass is 204 g/mol. The molecule has 0 aliphatic heterocycles. The van der Waals surface area contributed by atoms with E-state index in [4.69, 9.17) is 0 Å². The van der Waals surface area contributed by atoms with Gasteiger partial charge in [-0.25, -0.2) is 0 Å². The Hall–Kier alpha value is 0.430. The van der Waals surface area contributed by atoms with Gasteiger partial charge in [0.05, 0.1) is 0 Å². The quantitative estimate of drug-likeness (QED) is 0.540. The van der Waals surface area contributed by atoms with Crippen LogP contribution in [0.25, 0.3) is 0 Å². The van der Waals surface area contributed by atoms with E-state index in [1.54, 1.807) is 18.5 Å². The summed E-state index contributed by atoms with van der Waals surface area (Å²) in [6.07, 6.45) is 8.91. The Balaban J connectivity index is 4.38. The van der Waals surface area contributed by atoms with Crippen LogP contribution >= 0.6 is 7.26 Å². The average Bonchev–Trinajstić information content (AvgIpc) is 2.05. The summed E-state index contributed by atoms with van der Waals surface area (Å²) in [6.45, 7) is 12.0. The van der Waals surface area contributed by atoms with Crippen molar-refractivity contribution in [2.24, 2.45) is 0 Å². The minimum absolute atomic E-state index is 0.873. The van der Waals surface area contributed by atoms with Crippen molar-refractivity contribution < 1.29 is 0 Å². The number of rotatable bonds is 7. The zero-order valence-corrected chi connectivity index (χ0v) is 11.3. The maximum absolute atomic E-state index is 2.47. The summed E-state index contributed by atoms with van der Waals surface area (Å²) >= 11 is 0. The van der Waals surface area contributed by atoms with Gasteiger partial charge < -0.3 is 0 Å². The first-order valence-corrected chi connectivity index (χ1v) is 8.82. The average molecular weight is 204 g/mol. The Morgan fingerprint density at radius 1 is 0.769 bits per heavy atom. The van der Waals surface area contributed by atoms with Crippen LogP contribution < -0.4 is 0 Å². The third-order valence-corrected chi connectivity index (χ3v) is 10.4. The van der Waals surface area contributed by atoms with E-state index >= 15 is 0 Å². The van der Waals surface area contributed by atoms with E-state index in [2.05, 4.69) is 34.6 Å². The predicted molar refractivity (Wildman–Crippen MR) is 68.9 cm³/mol. The molecular formula is C12H29P. The summed E-state index contributed by atoms with van der Waals surface area (Å²) in [7, 11) is -0.873. The molecule has 0 saturated carbocycles.